The summed E-state index contributed by atoms with van der Waals surface area (Å²) in [4.78, 5) is 4.20. The predicted octanol–water partition coefficient (Wildman–Crippen LogP) is 3.03. The summed E-state index contributed by atoms with van der Waals surface area (Å²) >= 11 is 0. The minimum Gasteiger partial charge on any atom is -0.487 e. The summed E-state index contributed by atoms with van der Waals surface area (Å²) in [5.74, 6) is 1.20. The average Bonchev–Trinajstić information content (AvgIpc) is 2.46. The number of nitrogens with zero attached hydrogens (tertiary/aromatic N) is 1. The molecule has 1 heterocycles. The Labute approximate surface area is 114 Å². The Morgan fingerprint density at radius 3 is 2.47 bits per heavy atom. The SMILES string of the molecule is Cc1ccc(OCc2ccc(C(C)CN)cc2)cn1. The monoisotopic (exact) mass is 256 g/mol. The highest BCUT2D eigenvalue weighted by Crippen LogP contribution is 2.16. The van der Waals surface area contributed by atoms with Gasteiger partial charge in [-0.2, -0.15) is 0 Å². The van der Waals surface area contributed by atoms with Gasteiger partial charge in [0.15, 0.2) is 0 Å². The van der Waals surface area contributed by atoms with Crippen LogP contribution in [0.2, 0.25) is 0 Å². The van der Waals surface area contributed by atoms with Crippen LogP contribution in [0.25, 0.3) is 0 Å². The summed E-state index contributed by atoms with van der Waals surface area (Å²) in [7, 11) is 0. The van der Waals surface area contributed by atoms with E-state index < -0.39 is 0 Å². The lowest BCUT2D eigenvalue weighted by Crippen LogP contribution is -2.08. The van der Waals surface area contributed by atoms with Gasteiger partial charge in [0.25, 0.3) is 0 Å². The van der Waals surface area contributed by atoms with Gasteiger partial charge in [0.1, 0.15) is 12.4 Å². The number of hydrogen-bond acceptors (Lipinski definition) is 3. The van der Waals surface area contributed by atoms with Crippen LogP contribution in [0.1, 0.15) is 29.7 Å². The number of hydrogen-bond donors (Lipinski definition) is 1. The zero-order valence-electron chi connectivity index (χ0n) is 11.5. The second kappa shape index (κ2) is 6.34. The number of benzene rings is 1. The second-order valence-corrected chi connectivity index (χ2v) is 4.80. The Bertz CT molecular complexity index is 505. The van der Waals surface area contributed by atoms with Crippen molar-refractivity contribution >= 4 is 0 Å². The molecule has 3 nitrogen and oxygen atoms in total. The molecule has 1 atom stereocenters. The first-order chi connectivity index (χ1) is 9.19. The highest BCUT2D eigenvalue weighted by Gasteiger charge is 2.03. The van der Waals surface area contributed by atoms with Gasteiger partial charge in [-0.15, -0.1) is 0 Å². The lowest BCUT2D eigenvalue weighted by molar-refractivity contribution is 0.305. The number of nitrogens with two attached hydrogens (primary N) is 1. The van der Waals surface area contributed by atoms with E-state index in [2.05, 4.69) is 36.2 Å². The normalized spacial score (nSPS) is 12.2. The highest BCUT2D eigenvalue weighted by molar-refractivity contribution is 5.26. The standard InChI is InChI=1S/C16H20N2O/c1-12(9-17)15-6-4-14(5-7-15)11-19-16-8-3-13(2)18-10-16/h3-8,10,12H,9,11,17H2,1-2H3. The molecule has 2 N–H and O–H groups in total. The van der Waals surface area contributed by atoms with E-state index in [9.17, 15) is 0 Å². The zero-order valence-corrected chi connectivity index (χ0v) is 11.5. The molecule has 3 heteroatoms. The summed E-state index contributed by atoms with van der Waals surface area (Å²) < 4.78 is 5.69. The van der Waals surface area contributed by atoms with E-state index in [0.717, 1.165) is 17.0 Å². The maximum atomic E-state index is 5.69. The fraction of sp³-hybridized carbons (Fsp3) is 0.312. The Morgan fingerprint density at radius 2 is 1.89 bits per heavy atom. The summed E-state index contributed by atoms with van der Waals surface area (Å²) in [6, 6.07) is 12.3. The van der Waals surface area contributed by atoms with Gasteiger partial charge in [-0.1, -0.05) is 31.2 Å². The fourth-order valence-corrected chi connectivity index (χ4v) is 1.78. The third-order valence-corrected chi connectivity index (χ3v) is 3.19. The van der Waals surface area contributed by atoms with Crippen molar-refractivity contribution in [3.05, 3.63) is 59.4 Å². The molecule has 19 heavy (non-hydrogen) atoms. The smallest absolute Gasteiger partial charge is 0.138 e. The Morgan fingerprint density at radius 1 is 1.16 bits per heavy atom. The van der Waals surface area contributed by atoms with Crippen molar-refractivity contribution in [2.45, 2.75) is 26.4 Å². The minimum atomic E-state index is 0.399. The van der Waals surface area contributed by atoms with Crippen molar-refractivity contribution in [2.24, 2.45) is 5.73 Å². The third kappa shape index (κ3) is 3.80. The van der Waals surface area contributed by atoms with Gasteiger partial charge >= 0.3 is 0 Å². The Balaban J connectivity index is 1.94. The molecule has 0 saturated heterocycles. The predicted molar refractivity (Wildman–Crippen MR) is 77.2 cm³/mol. The van der Waals surface area contributed by atoms with Crippen LogP contribution < -0.4 is 10.5 Å². The number of ether oxygens (including phenoxy) is 1. The first kappa shape index (κ1) is 13.6. The molecule has 0 aliphatic carbocycles. The molecule has 0 aliphatic rings. The Kier molecular flexibility index (Phi) is 4.53. The van der Waals surface area contributed by atoms with Crippen LogP contribution in [0.5, 0.6) is 5.75 Å². The van der Waals surface area contributed by atoms with Gasteiger partial charge in [0.05, 0.1) is 6.20 Å². The lowest BCUT2D eigenvalue weighted by Gasteiger charge is -2.10. The molecule has 100 valence electrons. The molecule has 2 rings (SSSR count). The zero-order chi connectivity index (χ0) is 13.7. The van der Waals surface area contributed by atoms with Gasteiger partial charge in [-0.3, -0.25) is 4.98 Å². The van der Waals surface area contributed by atoms with E-state index in [0.29, 0.717) is 19.1 Å². The molecule has 0 radical (unpaired) electrons. The van der Waals surface area contributed by atoms with Gasteiger partial charge in [0.2, 0.25) is 0 Å². The number of rotatable bonds is 5. The largest absolute Gasteiger partial charge is 0.487 e. The van der Waals surface area contributed by atoms with Crippen molar-refractivity contribution in [1.29, 1.82) is 0 Å². The number of aromatic nitrogens is 1. The van der Waals surface area contributed by atoms with Gasteiger partial charge < -0.3 is 10.5 Å². The quantitative estimate of drug-likeness (QED) is 0.894. The second-order valence-electron chi connectivity index (χ2n) is 4.80. The van der Waals surface area contributed by atoms with Crippen molar-refractivity contribution in [3.63, 3.8) is 0 Å². The van der Waals surface area contributed by atoms with Crippen molar-refractivity contribution < 1.29 is 4.74 Å². The van der Waals surface area contributed by atoms with Gasteiger partial charge in [-0.25, -0.2) is 0 Å². The molecule has 2 aromatic rings. The summed E-state index contributed by atoms with van der Waals surface area (Å²) in [6.45, 7) is 5.32. The molecule has 1 aromatic heterocycles. The van der Waals surface area contributed by atoms with Crippen molar-refractivity contribution in [1.82, 2.24) is 4.98 Å². The van der Waals surface area contributed by atoms with E-state index in [1.54, 1.807) is 6.20 Å². The van der Waals surface area contributed by atoms with Crippen LogP contribution >= 0.6 is 0 Å². The van der Waals surface area contributed by atoms with E-state index in [4.69, 9.17) is 10.5 Å². The van der Waals surface area contributed by atoms with Gasteiger partial charge in [0, 0.05) is 5.69 Å². The minimum absolute atomic E-state index is 0.399. The molecule has 0 spiro atoms. The molecule has 1 aromatic carbocycles. The summed E-state index contributed by atoms with van der Waals surface area (Å²) in [6.07, 6.45) is 1.75. The first-order valence-corrected chi connectivity index (χ1v) is 6.53. The van der Waals surface area contributed by atoms with Crippen LogP contribution in [-0.2, 0) is 6.61 Å². The van der Waals surface area contributed by atoms with Crippen molar-refractivity contribution in [2.75, 3.05) is 6.54 Å². The molecular formula is C16H20N2O. The highest BCUT2D eigenvalue weighted by atomic mass is 16.5. The van der Waals surface area contributed by atoms with Crippen LogP contribution in [-0.4, -0.2) is 11.5 Å². The molecule has 0 bridgehead atoms. The summed E-state index contributed by atoms with van der Waals surface area (Å²) in [5, 5.41) is 0. The summed E-state index contributed by atoms with van der Waals surface area (Å²) in [5.41, 5.74) is 9.06. The van der Waals surface area contributed by atoms with Crippen LogP contribution in [0.15, 0.2) is 42.6 Å². The first-order valence-electron chi connectivity index (χ1n) is 6.53. The van der Waals surface area contributed by atoms with E-state index in [1.807, 2.05) is 19.1 Å². The van der Waals surface area contributed by atoms with Gasteiger partial charge in [-0.05, 0) is 42.6 Å². The maximum Gasteiger partial charge on any atom is 0.138 e. The maximum absolute atomic E-state index is 5.69. The van der Waals surface area contributed by atoms with E-state index >= 15 is 0 Å². The molecule has 1 unspecified atom stereocenters. The molecule has 0 fully saturated rings. The van der Waals surface area contributed by atoms with Crippen LogP contribution in [0.4, 0.5) is 0 Å². The third-order valence-electron chi connectivity index (χ3n) is 3.19. The van der Waals surface area contributed by atoms with Crippen molar-refractivity contribution in [3.8, 4) is 5.75 Å². The van der Waals surface area contributed by atoms with Crippen LogP contribution in [0, 0.1) is 6.92 Å². The van der Waals surface area contributed by atoms with E-state index in [-0.39, 0.29) is 0 Å². The van der Waals surface area contributed by atoms with Crippen LogP contribution in [0.3, 0.4) is 0 Å². The molecular weight excluding hydrogens is 236 g/mol. The van der Waals surface area contributed by atoms with E-state index in [1.165, 1.54) is 5.56 Å². The average molecular weight is 256 g/mol. The lowest BCUT2D eigenvalue weighted by atomic mass is 10.0. The number of aryl methyl sites for hydroxylation is 1. The number of pyridine rings is 1. The fourth-order valence-electron chi connectivity index (χ4n) is 1.78. The topological polar surface area (TPSA) is 48.1 Å². The molecule has 0 aliphatic heterocycles. The Hall–Kier alpha value is -1.87. The molecule has 0 amide bonds. The molecule has 0 saturated carbocycles.